The van der Waals surface area contributed by atoms with E-state index in [1.807, 2.05) is 0 Å². The summed E-state index contributed by atoms with van der Waals surface area (Å²) in [7, 11) is 0. The van der Waals surface area contributed by atoms with Crippen molar-refractivity contribution in [2.24, 2.45) is 0 Å². The summed E-state index contributed by atoms with van der Waals surface area (Å²) in [5.41, 5.74) is 36.3. The van der Waals surface area contributed by atoms with Gasteiger partial charge in [0.1, 0.15) is 5.58 Å². The molecule has 0 saturated heterocycles. The van der Waals surface area contributed by atoms with Crippen LogP contribution < -0.4 is 9.80 Å². The zero-order chi connectivity index (χ0) is 68.8. The molecule has 17 aromatic rings. The lowest BCUT2D eigenvalue weighted by Gasteiger charge is -2.36. The van der Waals surface area contributed by atoms with Crippen molar-refractivity contribution in [1.82, 2.24) is 0 Å². The summed E-state index contributed by atoms with van der Waals surface area (Å²) < 4.78 is 6.96. The number of para-hydroxylation sites is 2. The van der Waals surface area contributed by atoms with Crippen molar-refractivity contribution in [3.8, 4) is 55.6 Å². The number of furan rings is 1. The molecule has 0 unspecified atom stereocenters. The third kappa shape index (κ3) is 8.41. The number of hydrogen-bond donors (Lipinski definition) is 0. The highest BCUT2D eigenvalue weighted by atomic mass is 16.3. The van der Waals surface area contributed by atoms with Gasteiger partial charge in [-0.3, -0.25) is 0 Å². The van der Waals surface area contributed by atoms with Gasteiger partial charge < -0.3 is 14.2 Å². The third-order valence-corrected chi connectivity index (χ3v) is 23.3. The van der Waals surface area contributed by atoms with Crippen molar-refractivity contribution in [2.75, 3.05) is 9.80 Å². The van der Waals surface area contributed by atoms with E-state index in [0.717, 1.165) is 67.2 Å². The van der Waals surface area contributed by atoms with Crippen molar-refractivity contribution in [2.45, 2.75) is 30.1 Å². The molecule has 0 atom stereocenters. The Balaban J connectivity index is 0.735. The van der Waals surface area contributed by atoms with E-state index in [0.29, 0.717) is 0 Å². The van der Waals surface area contributed by atoms with Gasteiger partial charge in [0.2, 0.25) is 0 Å². The molecule has 1 heterocycles. The van der Waals surface area contributed by atoms with E-state index in [1.54, 1.807) is 0 Å². The van der Waals surface area contributed by atoms with Crippen LogP contribution in [0.1, 0.15) is 77.9 Å². The smallest absolute Gasteiger partial charge is 0.159 e. The Morgan fingerprint density at radius 1 is 0.221 bits per heavy atom. The first kappa shape index (κ1) is 59.8. The van der Waals surface area contributed by atoms with Crippen LogP contribution >= 0.6 is 0 Å². The van der Waals surface area contributed by atoms with Crippen LogP contribution in [0.2, 0.25) is 0 Å². The van der Waals surface area contributed by atoms with Crippen molar-refractivity contribution in [1.29, 1.82) is 0 Å². The maximum atomic E-state index is 6.96. The second-order valence-electron chi connectivity index (χ2n) is 28.7. The standard InChI is InChI=1S/C101H68N2O/c1-65-42-55-81-84-57-52-75(62-93(84)99(91(81)60-65,69-24-7-3-8-25-69)70-26-9-4-10-27-70)102(76-53-58-85-82-56-43-66(2)61-92(82)100(94(85)63-76,71-28-11-5-12-29-71)72-30-13-6-14-31-72)73-48-44-67(45-49-73)68-46-50-74(51-47-68)103(96-40-23-36-87-86-35-18-22-41-97(86)104-98(87)96)77-54-59-83-80-34-17-21-39-90(80)101(95(83)64-77)88-37-19-15-32-78(88)79-33-16-20-38-89(79)101/h3-64H,1-2H3. The fourth-order valence-electron chi connectivity index (χ4n) is 19.1. The molecule has 16 aromatic carbocycles. The van der Waals surface area contributed by atoms with Crippen molar-refractivity contribution in [3.05, 3.63) is 454 Å². The Morgan fingerprint density at radius 2 is 0.538 bits per heavy atom. The predicted octanol–water partition coefficient (Wildman–Crippen LogP) is 25.9. The van der Waals surface area contributed by atoms with E-state index in [9.17, 15) is 0 Å². The van der Waals surface area contributed by atoms with Gasteiger partial charge in [0, 0.05) is 39.2 Å². The maximum absolute atomic E-state index is 6.96. The summed E-state index contributed by atoms with van der Waals surface area (Å²) in [6, 6.07) is 141. The number of nitrogens with zero attached hydrogens (tertiary/aromatic N) is 2. The first-order valence-corrected chi connectivity index (χ1v) is 36.3. The molecule has 0 saturated carbocycles. The van der Waals surface area contributed by atoms with E-state index in [-0.39, 0.29) is 0 Å². The lowest BCUT2D eigenvalue weighted by atomic mass is 9.67. The van der Waals surface area contributed by atoms with Crippen molar-refractivity contribution >= 4 is 56.1 Å². The Bertz CT molecular complexity index is 5980. The monoisotopic (exact) mass is 1320 g/mol. The number of fused-ring (bicyclic) bond motifs is 19. The summed E-state index contributed by atoms with van der Waals surface area (Å²) in [4.78, 5) is 4.93. The zero-order valence-corrected chi connectivity index (χ0v) is 57.6. The average molecular weight is 1330 g/mol. The fraction of sp³-hybridized carbons (Fsp3) is 0.0495. The molecule has 0 aliphatic heterocycles. The highest BCUT2D eigenvalue weighted by Crippen LogP contribution is 2.65. The van der Waals surface area contributed by atoms with E-state index < -0.39 is 16.2 Å². The van der Waals surface area contributed by atoms with Gasteiger partial charge in [0.15, 0.2) is 5.58 Å². The SMILES string of the molecule is Cc1ccc2c(c1)C(c1ccccc1)(c1ccccc1)c1cc(N(c3ccc(-c4ccc(N(c5ccc6c(c5)C5(c7ccccc7-c7ccccc75)c5ccccc5-6)c5cccc6c5oc5ccccc56)cc4)cc3)c3ccc4c(c3)C(c3ccccc3)(c3ccccc3)c3cc(C)ccc3-4)ccc1-2. The average Bonchev–Trinajstić information content (AvgIpc) is 1.55. The number of anilines is 6. The van der Waals surface area contributed by atoms with Gasteiger partial charge in [-0.2, -0.15) is 0 Å². The molecule has 3 nitrogen and oxygen atoms in total. The molecule has 0 bridgehead atoms. The van der Waals surface area contributed by atoms with E-state index in [2.05, 4.69) is 400 Å². The Kier molecular flexibility index (Phi) is 13.2. The molecule has 0 amide bonds. The number of benzene rings is 16. The minimum atomic E-state index is -0.610. The van der Waals surface area contributed by atoms with E-state index in [1.165, 1.54) is 122 Å². The van der Waals surface area contributed by atoms with Crippen LogP contribution in [0.3, 0.4) is 0 Å². The molecule has 3 heteroatoms. The first-order chi connectivity index (χ1) is 51.4. The molecular formula is C101H68N2O. The van der Waals surface area contributed by atoms with Gasteiger partial charge >= 0.3 is 0 Å². The van der Waals surface area contributed by atoms with E-state index >= 15 is 0 Å². The summed E-state index contributed by atoms with van der Waals surface area (Å²) >= 11 is 0. The second kappa shape index (κ2) is 23.0. The Hall–Kier alpha value is -13.1. The predicted molar refractivity (Wildman–Crippen MR) is 429 cm³/mol. The molecule has 1 spiro atoms. The zero-order valence-electron chi connectivity index (χ0n) is 57.6. The van der Waals surface area contributed by atoms with Crippen LogP contribution in [0.15, 0.2) is 381 Å². The highest BCUT2D eigenvalue weighted by molar-refractivity contribution is 6.11. The molecule has 0 radical (unpaired) electrons. The van der Waals surface area contributed by atoms with Crippen LogP contribution in [-0.2, 0) is 16.2 Å². The molecule has 1 aromatic heterocycles. The molecule has 0 N–H and O–H groups in total. The minimum Gasteiger partial charge on any atom is -0.454 e. The van der Waals surface area contributed by atoms with Gasteiger partial charge in [-0.25, -0.2) is 0 Å². The summed E-state index contributed by atoms with van der Waals surface area (Å²) in [5, 5.41) is 2.17. The van der Waals surface area contributed by atoms with Crippen LogP contribution in [0.25, 0.3) is 77.6 Å². The maximum Gasteiger partial charge on any atom is 0.159 e. The minimum absolute atomic E-state index is 0.515. The van der Waals surface area contributed by atoms with Gasteiger partial charge in [-0.1, -0.05) is 314 Å². The van der Waals surface area contributed by atoms with Gasteiger partial charge in [0.05, 0.1) is 21.9 Å². The summed E-state index contributed by atoms with van der Waals surface area (Å²) in [5.74, 6) is 0. The third-order valence-electron chi connectivity index (χ3n) is 23.3. The lowest BCUT2D eigenvalue weighted by Crippen LogP contribution is -2.29. The highest BCUT2D eigenvalue weighted by Gasteiger charge is 2.53. The Morgan fingerprint density at radius 3 is 0.971 bits per heavy atom. The summed E-state index contributed by atoms with van der Waals surface area (Å²) in [6.07, 6.45) is 0. The lowest BCUT2D eigenvalue weighted by molar-refractivity contribution is 0.669. The topological polar surface area (TPSA) is 19.6 Å². The van der Waals surface area contributed by atoms with Gasteiger partial charge in [-0.15, -0.1) is 0 Å². The fourth-order valence-corrected chi connectivity index (χ4v) is 19.1. The van der Waals surface area contributed by atoms with E-state index in [4.69, 9.17) is 4.42 Å². The number of hydrogen-bond acceptors (Lipinski definition) is 3. The second-order valence-corrected chi connectivity index (χ2v) is 28.7. The van der Waals surface area contributed by atoms with Crippen LogP contribution in [0.4, 0.5) is 34.1 Å². The first-order valence-electron chi connectivity index (χ1n) is 36.3. The molecule has 4 aliphatic rings. The quantitative estimate of drug-likeness (QED) is 0.129. The molecule has 21 rings (SSSR count). The molecule has 0 fully saturated rings. The largest absolute Gasteiger partial charge is 0.454 e. The van der Waals surface area contributed by atoms with Crippen molar-refractivity contribution in [3.63, 3.8) is 0 Å². The van der Waals surface area contributed by atoms with Crippen LogP contribution in [0, 0.1) is 13.8 Å². The molecule has 4 aliphatic carbocycles. The molecule has 104 heavy (non-hydrogen) atoms. The van der Waals surface area contributed by atoms with Gasteiger partial charge in [0.25, 0.3) is 0 Å². The normalized spacial score (nSPS) is 13.9. The molecule has 488 valence electrons. The van der Waals surface area contributed by atoms with Crippen LogP contribution in [0.5, 0.6) is 0 Å². The summed E-state index contributed by atoms with van der Waals surface area (Å²) in [6.45, 7) is 4.45. The Labute approximate surface area is 606 Å². The van der Waals surface area contributed by atoms with Crippen molar-refractivity contribution < 1.29 is 4.42 Å². The molecular weight excluding hydrogens is 1260 g/mol. The number of rotatable bonds is 11. The van der Waals surface area contributed by atoms with Crippen LogP contribution in [-0.4, -0.2) is 0 Å². The van der Waals surface area contributed by atoms with Gasteiger partial charge in [-0.05, 0) is 209 Å². The number of aryl methyl sites for hydroxylation is 2.